The van der Waals surface area contributed by atoms with E-state index in [2.05, 4.69) is 5.16 Å². The van der Waals surface area contributed by atoms with E-state index in [9.17, 15) is 0 Å². The van der Waals surface area contributed by atoms with Crippen molar-refractivity contribution >= 4 is 16.8 Å². The Balaban J connectivity index is 2.39. The van der Waals surface area contributed by atoms with Crippen LogP contribution in [0.3, 0.4) is 0 Å². The molecule has 0 bridgehead atoms. The van der Waals surface area contributed by atoms with Crippen LogP contribution in [0, 0.1) is 5.92 Å². The van der Waals surface area contributed by atoms with Crippen LogP contribution in [0.2, 0.25) is 0 Å². The fourth-order valence-corrected chi connectivity index (χ4v) is 1.64. The second-order valence-corrected chi connectivity index (χ2v) is 3.14. The van der Waals surface area contributed by atoms with E-state index >= 15 is 0 Å². The number of oxime groups is 1. The maximum absolute atomic E-state index is 8.34. The van der Waals surface area contributed by atoms with E-state index in [1.807, 2.05) is 0 Å². The van der Waals surface area contributed by atoms with Crippen molar-refractivity contribution in [1.29, 1.82) is 0 Å². The molecule has 0 atom stereocenters. The maximum Gasteiger partial charge on any atom is 0.148 e. The van der Waals surface area contributed by atoms with Gasteiger partial charge in [-0.15, -0.1) is 0 Å². The SMILES string of the molecule is ON=C(Cl)C1CCCCC1. The first-order valence-electron chi connectivity index (χ1n) is 3.72. The van der Waals surface area contributed by atoms with Crippen LogP contribution < -0.4 is 0 Å². The quantitative estimate of drug-likeness (QED) is 0.358. The minimum Gasteiger partial charge on any atom is -0.410 e. The molecule has 1 saturated carbocycles. The molecule has 0 aliphatic heterocycles. The summed E-state index contributed by atoms with van der Waals surface area (Å²) in [6.45, 7) is 0. The zero-order valence-corrected chi connectivity index (χ0v) is 6.64. The molecule has 10 heavy (non-hydrogen) atoms. The molecule has 0 aromatic rings. The van der Waals surface area contributed by atoms with Gasteiger partial charge in [0.15, 0.2) is 0 Å². The summed E-state index contributed by atoms with van der Waals surface area (Å²) in [6.07, 6.45) is 5.91. The highest BCUT2D eigenvalue weighted by atomic mass is 35.5. The Bertz CT molecular complexity index is 130. The lowest BCUT2D eigenvalue weighted by molar-refractivity contribution is 0.312. The van der Waals surface area contributed by atoms with Gasteiger partial charge in [0.25, 0.3) is 0 Å². The summed E-state index contributed by atoms with van der Waals surface area (Å²) < 4.78 is 0. The summed E-state index contributed by atoms with van der Waals surface area (Å²) in [5, 5.41) is 11.7. The fourth-order valence-electron chi connectivity index (χ4n) is 1.42. The first kappa shape index (κ1) is 7.86. The van der Waals surface area contributed by atoms with Crippen molar-refractivity contribution in [3.8, 4) is 0 Å². The van der Waals surface area contributed by atoms with Crippen LogP contribution in [0.1, 0.15) is 32.1 Å². The molecule has 1 aliphatic carbocycles. The van der Waals surface area contributed by atoms with E-state index in [0.29, 0.717) is 11.1 Å². The highest BCUT2D eigenvalue weighted by Gasteiger charge is 2.17. The zero-order valence-electron chi connectivity index (χ0n) is 5.89. The molecular formula is C7H12ClNO. The molecule has 1 rings (SSSR count). The number of hydrogen-bond acceptors (Lipinski definition) is 2. The van der Waals surface area contributed by atoms with Crippen LogP contribution in [0.5, 0.6) is 0 Å². The third-order valence-electron chi connectivity index (χ3n) is 2.04. The Kier molecular flexibility index (Phi) is 3.00. The van der Waals surface area contributed by atoms with Gasteiger partial charge in [-0.1, -0.05) is 36.0 Å². The first-order valence-corrected chi connectivity index (χ1v) is 4.10. The van der Waals surface area contributed by atoms with Crippen molar-refractivity contribution in [2.75, 3.05) is 0 Å². The highest BCUT2D eigenvalue weighted by Crippen LogP contribution is 2.25. The van der Waals surface area contributed by atoms with Crippen molar-refractivity contribution in [2.45, 2.75) is 32.1 Å². The molecule has 0 heterocycles. The van der Waals surface area contributed by atoms with Crippen LogP contribution in [0.4, 0.5) is 0 Å². The molecule has 1 N–H and O–H groups in total. The van der Waals surface area contributed by atoms with E-state index in [1.54, 1.807) is 0 Å². The van der Waals surface area contributed by atoms with E-state index in [1.165, 1.54) is 19.3 Å². The highest BCUT2D eigenvalue weighted by molar-refractivity contribution is 6.65. The van der Waals surface area contributed by atoms with Crippen LogP contribution in [-0.2, 0) is 0 Å². The van der Waals surface area contributed by atoms with E-state index in [0.717, 1.165) is 12.8 Å². The maximum atomic E-state index is 8.34. The number of halogens is 1. The topological polar surface area (TPSA) is 32.6 Å². The van der Waals surface area contributed by atoms with Crippen molar-refractivity contribution < 1.29 is 5.21 Å². The van der Waals surface area contributed by atoms with Gasteiger partial charge in [-0.3, -0.25) is 0 Å². The lowest BCUT2D eigenvalue weighted by Gasteiger charge is -2.18. The van der Waals surface area contributed by atoms with Gasteiger partial charge in [-0.05, 0) is 12.8 Å². The van der Waals surface area contributed by atoms with Crippen LogP contribution in [0.25, 0.3) is 0 Å². The average molecular weight is 162 g/mol. The molecule has 0 aromatic carbocycles. The molecule has 0 unspecified atom stereocenters. The fraction of sp³-hybridized carbons (Fsp3) is 0.857. The van der Waals surface area contributed by atoms with Crippen LogP contribution in [0.15, 0.2) is 5.16 Å². The van der Waals surface area contributed by atoms with E-state index in [-0.39, 0.29) is 0 Å². The summed E-state index contributed by atoms with van der Waals surface area (Å²) in [7, 11) is 0. The number of rotatable bonds is 1. The predicted octanol–water partition coefficient (Wildman–Crippen LogP) is 2.59. The van der Waals surface area contributed by atoms with Gasteiger partial charge in [0.2, 0.25) is 0 Å². The smallest absolute Gasteiger partial charge is 0.148 e. The van der Waals surface area contributed by atoms with Crippen LogP contribution in [-0.4, -0.2) is 10.4 Å². The molecule has 1 aliphatic rings. The van der Waals surface area contributed by atoms with Crippen molar-refractivity contribution in [3.05, 3.63) is 0 Å². The molecular weight excluding hydrogens is 150 g/mol. The predicted molar refractivity (Wildman–Crippen MR) is 41.6 cm³/mol. The summed E-state index contributed by atoms with van der Waals surface area (Å²) in [4.78, 5) is 0. The summed E-state index contributed by atoms with van der Waals surface area (Å²) in [5.74, 6) is 0.334. The lowest BCUT2D eigenvalue weighted by atomic mass is 9.90. The number of nitrogens with zero attached hydrogens (tertiary/aromatic N) is 1. The Morgan fingerprint density at radius 1 is 1.30 bits per heavy atom. The molecule has 0 spiro atoms. The summed E-state index contributed by atoms with van der Waals surface area (Å²) in [6, 6.07) is 0. The monoisotopic (exact) mass is 161 g/mol. The van der Waals surface area contributed by atoms with Gasteiger partial charge in [0, 0.05) is 5.92 Å². The van der Waals surface area contributed by atoms with Gasteiger partial charge >= 0.3 is 0 Å². The Morgan fingerprint density at radius 2 is 1.90 bits per heavy atom. The Labute approximate surface area is 65.9 Å². The standard InChI is InChI=1S/C7H12ClNO/c8-7(9-10)6-4-2-1-3-5-6/h6,10H,1-5H2. The number of hydrogen-bond donors (Lipinski definition) is 1. The van der Waals surface area contributed by atoms with E-state index in [4.69, 9.17) is 16.8 Å². The average Bonchev–Trinajstić information content (AvgIpc) is 2.05. The Morgan fingerprint density at radius 3 is 2.40 bits per heavy atom. The van der Waals surface area contributed by atoms with Gasteiger partial charge in [-0.2, -0.15) is 0 Å². The first-order chi connectivity index (χ1) is 4.84. The largest absolute Gasteiger partial charge is 0.410 e. The molecule has 0 radical (unpaired) electrons. The molecule has 0 saturated heterocycles. The van der Waals surface area contributed by atoms with Crippen molar-refractivity contribution in [1.82, 2.24) is 0 Å². The molecule has 0 aromatic heterocycles. The molecule has 3 heteroatoms. The normalized spacial score (nSPS) is 23.1. The molecule has 2 nitrogen and oxygen atoms in total. The minimum absolute atomic E-state index is 0.334. The van der Waals surface area contributed by atoms with Crippen LogP contribution >= 0.6 is 11.6 Å². The van der Waals surface area contributed by atoms with Gasteiger partial charge in [-0.25, -0.2) is 0 Å². The molecule has 0 amide bonds. The summed E-state index contributed by atoms with van der Waals surface area (Å²) in [5.41, 5.74) is 0. The molecule has 1 fully saturated rings. The van der Waals surface area contributed by atoms with E-state index < -0.39 is 0 Å². The zero-order chi connectivity index (χ0) is 7.40. The second kappa shape index (κ2) is 3.81. The van der Waals surface area contributed by atoms with Gasteiger partial charge in [0.05, 0.1) is 0 Å². The van der Waals surface area contributed by atoms with Gasteiger partial charge < -0.3 is 5.21 Å². The second-order valence-electron chi connectivity index (χ2n) is 2.76. The molecule has 58 valence electrons. The third kappa shape index (κ3) is 1.87. The Hall–Kier alpha value is -0.240. The van der Waals surface area contributed by atoms with Crippen molar-refractivity contribution in [2.24, 2.45) is 11.1 Å². The lowest BCUT2D eigenvalue weighted by Crippen LogP contribution is -2.12. The van der Waals surface area contributed by atoms with Gasteiger partial charge in [0.1, 0.15) is 5.17 Å². The third-order valence-corrected chi connectivity index (χ3v) is 2.42. The van der Waals surface area contributed by atoms with Crippen molar-refractivity contribution in [3.63, 3.8) is 0 Å². The summed E-state index contributed by atoms with van der Waals surface area (Å²) >= 11 is 5.64. The minimum atomic E-state index is 0.334.